The molecule has 2 aromatic rings. The van der Waals surface area contributed by atoms with Crippen molar-refractivity contribution in [2.75, 3.05) is 26.2 Å². The lowest BCUT2D eigenvalue weighted by atomic mass is 10.1. The monoisotopic (exact) mass is 391 g/mol. The topological polar surface area (TPSA) is 79.0 Å². The average Bonchev–Trinajstić information content (AvgIpc) is 3.38. The number of furan rings is 1. The third-order valence-electron chi connectivity index (χ3n) is 4.61. The summed E-state index contributed by atoms with van der Waals surface area (Å²) in [5.74, 6) is 1.62. The maximum atomic E-state index is 10.7. The molecule has 1 saturated heterocycles. The summed E-state index contributed by atoms with van der Waals surface area (Å²) in [7, 11) is 0. The van der Waals surface area contributed by atoms with Gasteiger partial charge in [0.05, 0.1) is 18.9 Å². The van der Waals surface area contributed by atoms with E-state index in [9.17, 15) is 5.11 Å². The Morgan fingerprint density at radius 1 is 1.33 bits per heavy atom. The zero-order valence-electron chi connectivity index (χ0n) is 15.8. The summed E-state index contributed by atoms with van der Waals surface area (Å²) < 4.78 is 11.2. The van der Waals surface area contributed by atoms with Crippen molar-refractivity contribution < 1.29 is 14.3 Å². The Morgan fingerprint density at radius 3 is 2.96 bits per heavy atom. The number of thiophene rings is 1. The predicted octanol–water partition coefficient (Wildman–Crippen LogP) is 2.90. The lowest BCUT2D eigenvalue weighted by Gasteiger charge is -2.24. The van der Waals surface area contributed by atoms with Crippen LogP contribution in [0.5, 0.6) is 0 Å². The van der Waals surface area contributed by atoms with Crippen LogP contribution < -0.4 is 10.6 Å². The van der Waals surface area contributed by atoms with Gasteiger partial charge in [-0.1, -0.05) is 6.07 Å². The van der Waals surface area contributed by atoms with Crippen LogP contribution in [0.4, 0.5) is 0 Å². The van der Waals surface area contributed by atoms with Crippen LogP contribution in [0.2, 0.25) is 0 Å². The van der Waals surface area contributed by atoms with Crippen molar-refractivity contribution in [2.24, 2.45) is 4.99 Å². The molecule has 0 bridgehead atoms. The first-order valence-electron chi connectivity index (χ1n) is 9.56. The molecule has 27 heavy (non-hydrogen) atoms. The van der Waals surface area contributed by atoms with Crippen molar-refractivity contribution in [1.82, 2.24) is 10.6 Å². The van der Waals surface area contributed by atoms with Crippen LogP contribution >= 0.6 is 11.3 Å². The van der Waals surface area contributed by atoms with Gasteiger partial charge in [0.1, 0.15) is 11.4 Å². The first-order chi connectivity index (χ1) is 13.1. The molecule has 7 heteroatoms. The lowest BCUT2D eigenvalue weighted by Crippen LogP contribution is -2.44. The minimum Gasteiger partial charge on any atom is -0.469 e. The van der Waals surface area contributed by atoms with Crippen LogP contribution in [0.25, 0.3) is 0 Å². The van der Waals surface area contributed by atoms with Crippen molar-refractivity contribution >= 4 is 17.3 Å². The van der Waals surface area contributed by atoms with E-state index in [2.05, 4.69) is 15.6 Å². The second-order valence-electron chi connectivity index (χ2n) is 7.04. The molecule has 1 aliphatic heterocycles. The fraction of sp³-hybridized carbons (Fsp3) is 0.550. The lowest BCUT2D eigenvalue weighted by molar-refractivity contribution is 0.0194. The number of hydrogen-bond acceptors (Lipinski definition) is 5. The smallest absolute Gasteiger partial charge is 0.191 e. The third kappa shape index (κ3) is 6.37. The molecule has 0 spiro atoms. The molecule has 6 nitrogen and oxygen atoms in total. The van der Waals surface area contributed by atoms with Gasteiger partial charge >= 0.3 is 0 Å². The molecule has 0 aromatic carbocycles. The van der Waals surface area contributed by atoms with Crippen LogP contribution in [0.3, 0.4) is 0 Å². The number of hydrogen-bond donors (Lipinski definition) is 3. The molecular formula is C20H29N3O3S. The standard InChI is InChI=1S/C20H29N3O3S/c1-20(24,18-8-5-13-27-18)15-23-19(21-10-9-16-7-4-12-25-16)22-14-17-6-2-3-11-26-17/h4-5,7-8,12-13,17,24H,2-3,6,9-11,14-15H2,1H3,(H2,21,22,23). The van der Waals surface area contributed by atoms with E-state index < -0.39 is 5.60 Å². The highest BCUT2D eigenvalue weighted by Crippen LogP contribution is 2.25. The SMILES string of the molecule is CC(O)(CN=C(NCCc1ccco1)NCC1CCCCO1)c1cccs1. The van der Waals surface area contributed by atoms with Gasteiger partial charge in [-0.15, -0.1) is 11.3 Å². The summed E-state index contributed by atoms with van der Waals surface area (Å²) in [6.45, 7) is 4.33. The van der Waals surface area contributed by atoms with Gasteiger partial charge in [-0.25, -0.2) is 4.99 Å². The molecule has 1 aliphatic rings. The van der Waals surface area contributed by atoms with E-state index in [1.807, 2.05) is 29.6 Å². The molecule has 1 fully saturated rings. The number of aliphatic hydroxyl groups is 1. The Labute approximate surface area is 164 Å². The number of guanidine groups is 1. The third-order valence-corrected chi connectivity index (χ3v) is 5.74. The van der Waals surface area contributed by atoms with Gasteiger partial charge in [0.15, 0.2) is 5.96 Å². The van der Waals surface area contributed by atoms with Gasteiger partial charge in [-0.05, 0) is 49.8 Å². The highest BCUT2D eigenvalue weighted by molar-refractivity contribution is 7.10. The molecule has 0 saturated carbocycles. The van der Waals surface area contributed by atoms with Crippen molar-refractivity contribution in [3.63, 3.8) is 0 Å². The number of ether oxygens (including phenoxy) is 1. The molecule has 3 N–H and O–H groups in total. The maximum Gasteiger partial charge on any atom is 0.191 e. The van der Waals surface area contributed by atoms with Gasteiger partial charge in [-0.2, -0.15) is 0 Å². The van der Waals surface area contributed by atoms with Crippen molar-refractivity contribution in [3.8, 4) is 0 Å². The Bertz CT molecular complexity index is 677. The second kappa shape index (κ2) is 9.92. The van der Waals surface area contributed by atoms with Crippen molar-refractivity contribution in [1.29, 1.82) is 0 Å². The highest BCUT2D eigenvalue weighted by atomic mass is 32.1. The van der Waals surface area contributed by atoms with E-state index in [0.717, 1.165) is 36.5 Å². The van der Waals surface area contributed by atoms with E-state index in [4.69, 9.17) is 9.15 Å². The highest BCUT2D eigenvalue weighted by Gasteiger charge is 2.24. The summed E-state index contributed by atoms with van der Waals surface area (Å²) in [6, 6.07) is 7.73. The molecule has 148 valence electrons. The van der Waals surface area contributed by atoms with Crippen molar-refractivity contribution in [3.05, 3.63) is 46.5 Å². The van der Waals surface area contributed by atoms with Gasteiger partial charge in [0.25, 0.3) is 0 Å². The predicted molar refractivity (Wildman–Crippen MR) is 108 cm³/mol. The fourth-order valence-electron chi connectivity index (χ4n) is 3.01. The van der Waals surface area contributed by atoms with Gasteiger partial charge in [0, 0.05) is 31.0 Å². The maximum absolute atomic E-state index is 10.7. The molecular weight excluding hydrogens is 362 g/mol. The Morgan fingerprint density at radius 2 is 2.26 bits per heavy atom. The molecule has 0 amide bonds. The molecule has 0 aliphatic carbocycles. The second-order valence-corrected chi connectivity index (χ2v) is 7.99. The fourth-order valence-corrected chi connectivity index (χ4v) is 3.79. The molecule has 2 aromatic heterocycles. The number of aliphatic imine (C=N–C) groups is 1. The molecule has 3 rings (SSSR count). The summed E-state index contributed by atoms with van der Waals surface area (Å²) >= 11 is 1.54. The first-order valence-corrected chi connectivity index (χ1v) is 10.4. The van der Waals surface area contributed by atoms with E-state index >= 15 is 0 Å². The normalized spacial score (nSPS) is 20.2. The van der Waals surface area contributed by atoms with Crippen LogP contribution in [0, 0.1) is 0 Å². The van der Waals surface area contributed by atoms with Gasteiger partial charge < -0.3 is 24.9 Å². The Hall–Kier alpha value is -1.83. The summed E-state index contributed by atoms with van der Waals surface area (Å²) in [4.78, 5) is 5.53. The van der Waals surface area contributed by atoms with Gasteiger partial charge in [0.2, 0.25) is 0 Å². The zero-order chi connectivity index (χ0) is 19.0. The number of nitrogens with zero attached hydrogens (tertiary/aromatic N) is 1. The van der Waals surface area contributed by atoms with E-state index in [0.29, 0.717) is 19.0 Å². The number of nitrogens with one attached hydrogen (secondary N) is 2. The molecule has 3 heterocycles. The van der Waals surface area contributed by atoms with Crippen LogP contribution in [0.15, 0.2) is 45.3 Å². The van der Waals surface area contributed by atoms with Crippen LogP contribution in [0.1, 0.15) is 36.8 Å². The van der Waals surface area contributed by atoms with Gasteiger partial charge in [-0.3, -0.25) is 0 Å². The van der Waals surface area contributed by atoms with Crippen molar-refractivity contribution in [2.45, 2.75) is 44.3 Å². The molecule has 2 atom stereocenters. The zero-order valence-corrected chi connectivity index (χ0v) is 16.6. The van der Waals surface area contributed by atoms with E-state index in [1.54, 1.807) is 24.5 Å². The molecule has 0 radical (unpaired) electrons. The van der Waals surface area contributed by atoms with Crippen LogP contribution in [-0.2, 0) is 16.8 Å². The average molecular weight is 392 g/mol. The Kier molecular flexibility index (Phi) is 7.32. The quantitative estimate of drug-likeness (QED) is 0.476. The minimum absolute atomic E-state index is 0.216. The molecule has 2 unspecified atom stereocenters. The largest absolute Gasteiger partial charge is 0.469 e. The van der Waals surface area contributed by atoms with Crippen LogP contribution in [-0.4, -0.2) is 43.4 Å². The summed E-state index contributed by atoms with van der Waals surface area (Å²) in [5, 5.41) is 19.4. The first kappa shape index (κ1) is 19.9. The summed E-state index contributed by atoms with van der Waals surface area (Å²) in [5.41, 5.74) is -0.981. The minimum atomic E-state index is -0.981. The van der Waals surface area contributed by atoms with E-state index in [-0.39, 0.29) is 12.6 Å². The summed E-state index contributed by atoms with van der Waals surface area (Å²) in [6.07, 6.45) is 6.09. The Balaban J connectivity index is 1.56. The number of rotatable bonds is 8. The van der Waals surface area contributed by atoms with E-state index in [1.165, 1.54) is 6.42 Å².